The summed E-state index contributed by atoms with van der Waals surface area (Å²) in [5.74, 6) is -0.204. The minimum absolute atomic E-state index is 0.204. The van der Waals surface area contributed by atoms with E-state index < -0.39 is 0 Å². The number of rotatable bonds is 5. The summed E-state index contributed by atoms with van der Waals surface area (Å²) in [4.78, 5) is 21.8. The third-order valence-electron chi connectivity index (χ3n) is 3.18. The van der Waals surface area contributed by atoms with Crippen molar-refractivity contribution >= 4 is 45.3 Å². The lowest BCUT2D eigenvalue weighted by Gasteiger charge is -1.99. The molecular formula is C16H14ClN3O2S2. The molecule has 1 amide bonds. The zero-order valence-electron chi connectivity index (χ0n) is 13.0. The van der Waals surface area contributed by atoms with Crippen LogP contribution in [0.1, 0.15) is 20.4 Å². The van der Waals surface area contributed by atoms with E-state index in [1.807, 2.05) is 36.6 Å². The molecule has 0 radical (unpaired) electrons. The third-order valence-corrected chi connectivity index (χ3v) is 5.32. The van der Waals surface area contributed by atoms with E-state index >= 15 is 0 Å². The van der Waals surface area contributed by atoms with Gasteiger partial charge in [0, 0.05) is 23.1 Å². The molecule has 5 nitrogen and oxygen atoms in total. The first kappa shape index (κ1) is 17.0. The van der Waals surface area contributed by atoms with Gasteiger partial charge in [0.05, 0.1) is 18.0 Å². The molecule has 0 saturated heterocycles. The number of aryl methyl sites for hydroxylation is 1. The van der Waals surface area contributed by atoms with Gasteiger partial charge in [-0.15, -0.1) is 22.7 Å². The largest absolute Gasteiger partial charge is 0.378 e. The second-order valence-electron chi connectivity index (χ2n) is 4.95. The lowest BCUT2D eigenvalue weighted by molar-refractivity contribution is 0.103. The van der Waals surface area contributed by atoms with Crippen LogP contribution < -0.4 is 5.32 Å². The molecule has 24 heavy (non-hydrogen) atoms. The molecule has 2 aromatic heterocycles. The number of carbonyl (C=O) groups is 1. The van der Waals surface area contributed by atoms with Crippen LogP contribution in [0.25, 0.3) is 11.3 Å². The Labute approximate surface area is 152 Å². The Morgan fingerprint density at radius 1 is 1.29 bits per heavy atom. The van der Waals surface area contributed by atoms with E-state index in [1.54, 1.807) is 7.11 Å². The number of amides is 1. The highest BCUT2D eigenvalue weighted by atomic mass is 35.5. The highest BCUT2D eigenvalue weighted by molar-refractivity contribution is 7.15. The predicted octanol–water partition coefficient (Wildman–Crippen LogP) is 4.63. The van der Waals surface area contributed by atoms with Gasteiger partial charge in [-0.1, -0.05) is 23.7 Å². The topological polar surface area (TPSA) is 64.1 Å². The summed E-state index contributed by atoms with van der Waals surface area (Å²) in [6.07, 6.45) is 0. The molecule has 3 rings (SSSR count). The number of hydrogen-bond donors (Lipinski definition) is 1. The number of aromatic nitrogens is 2. The summed E-state index contributed by atoms with van der Waals surface area (Å²) in [5.41, 5.74) is 2.44. The third kappa shape index (κ3) is 3.81. The average molecular weight is 380 g/mol. The Morgan fingerprint density at radius 2 is 2.04 bits per heavy atom. The molecule has 8 heteroatoms. The summed E-state index contributed by atoms with van der Waals surface area (Å²) in [5, 5.41) is 6.73. The number of methoxy groups -OCH3 is 1. The molecule has 0 aliphatic carbocycles. The summed E-state index contributed by atoms with van der Waals surface area (Å²) < 4.78 is 5.05. The summed E-state index contributed by atoms with van der Waals surface area (Å²) in [7, 11) is 1.60. The summed E-state index contributed by atoms with van der Waals surface area (Å²) in [6, 6.07) is 7.42. The number of nitrogens with one attached hydrogen (secondary N) is 1. The molecule has 1 N–H and O–H groups in total. The second kappa shape index (κ2) is 7.40. The zero-order valence-corrected chi connectivity index (χ0v) is 15.4. The fourth-order valence-corrected chi connectivity index (χ4v) is 3.86. The van der Waals surface area contributed by atoms with Crippen LogP contribution in [0.2, 0.25) is 5.02 Å². The number of carbonyl (C=O) groups excluding carboxylic acids is 1. The van der Waals surface area contributed by atoms with Crippen LogP contribution in [-0.2, 0) is 11.3 Å². The van der Waals surface area contributed by atoms with Crippen LogP contribution in [0.15, 0.2) is 29.6 Å². The number of nitrogens with zero attached hydrogens (tertiary/aromatic N) is 2. The molecular weight excluding hydrogens is 366 g/mol. The lowest BCUT2D eigenvalue weighted by Crippen LogP contribution is -2.11. The highest BCUT2D eigenvalue weighted by Crippen LogP contribution is 2.27. The Bertz CT molecular complexity index is 859. The average Bonchev–Trinajstić information content (AvgIpc) is 3.15. The van der Waals surface area contributed by atoms with Crippen molar-refractivity contribution in [3.63, 3.8) is 0 Å². The first-order valence-electron chi connectivity index (χ1n) is 7.05. The molecule has 0 spiro atoms. The molecule has 0 unspecified atom stereocenters. The maximum absolute atomic E-state index is 12.4. The molecule has 0 aliphatic heterocycles. The van der Waals surface area contributed by atoms with Gasteiger partial charge in [-0.05, 0) is 19.1 Å². The van der Waals surface area contributed by atoms with E-state index in [4.69, 9.17) is 16.3 Å². The van der Waals surface area contributed by atoms with Crippen LogP contribution in [0.3, 0.4) is 0 Å². The summed E-state index contributed by atoms with van der Waals surface area (Å²) >= 11 is 8.60. The normalized spacial score (nSPS) is 10.8. The number of thiazole rings is 2. The van der Waals surface area contributed by atoms with Crippen molar-refractivity contribution in [1.82, 2.24) is 9.97 Å². The fourth-order valence-electron chi connectivity index (χ4n) is 2.09. The number of benzene rings is 1. The van der Waals surface area contributed by atoms with Crippen LogP contribution >= 0.6 is 34.3 Å². The van der Waals surface area contributed by atoms with Crippen molar-refractivity contribution in [3.8, 4) is 11.3 Å². The van der Waals surface area contributed by atoms with Gasteiger partial charge >= 0.3 is 0 Å². The van der Waals surface area contributed by atoms with Gasteiger partial charge in [0.25, 0.3) is 5.91 Å². The molecule has 0 fully saturated rings. The van der Waals surface area contributed by atoms with Crippen LogP contribution in [0.4, 0.5) is 5.13 Å². The molecule has 0 atom stereocenters. The number of halogens is 1. The van der Waals surface area contributed by atoms with Gasteiger partial charge in [-0.25, -0.2) is 9.97 Å². The molecule has 0 bridgehead atoms. The number of hydrogen-bond acceptors (Lipinski definition) is 6. The molecule has 124 valence electrons. The van der Waals surface area contributed by atoms with E-state index in [9.17, 15) is 4.79 Å². The van der Waals surface area contributed by atoms with E-state index in [2.05, 4.69) is 15.3 Å². The van der Waals surface area contributed by atoms with Crippen LogP contribution in [0, 0.1) is 6.92 Å². The maximum Gasteiger partial charge on any atom is 0.269 e. The van der Waals surface area contributed by atoms with Crippen molar-refractivity contribution in [2.24, 2.45) is 0 Å². The quantitative estimate of drug-likeness (QED) is 0.702. The van der Waals surface area contributed by atoms with E-state index in [1.165, 1.54) is 22.7 Å². The van der Waals surface area contributed by atoms with Gasteiger partial charge in [0.1, 0.15) is 9.88 Å². The van der Waals surface area contributed by atoms with Gasteiger partial charge in [-0.3, -0.25) is 10.1 Å². The fraction of sp³-hybridized carbons (Fsp3) is 0.188. The smallest absolute Gasteiger partial charge is 0.269 e. The van der Waals surface area contributed by atoms with Crippen molar-refractivity contribution in [2.75, 3.05) is 12.4 Å². The van der Waals surface area contributed by atoms with Gasteiger partial charge in [0.2, 0.25) is 0 Å². The lowest BCUT2D eigenvalue weighted by atomic mass is 10.2. The Kier molecular flexibility index (Phi) is 5.25. The number of ether oxygens (including phenoxy) is 1. The molecule has 2 heterocycles. The van der Waals surface area contributed by atoms with Crippen LogP contribution in [-0.4, -0.2) is 23.0 Å². The Hall–Kier alpha value is -1.80. The minimum Gasteiger partial charge on any atom is -0.378 e. The highest BCUT2D eigenvalue weighted by Gasteiger charge is 2.17. The van der Waals surface area contributed by atoms with Crippen molar-refractivity contribution in [3.05, 3.63) is 50.2 Å². The van der Waals surface area contributed by atoms with Crippen LogP contribution in [0.5, 0.6) is 0 Å². The first-order chi connectivity index (χ1) is 11.6. The summed E-state index contributed by atoms with van der Waals surface area (Å²) in [6.45, 7) is 2.21. The van der Waals surface area contributed by atoms with Gasteiger partial charge in [-0.2, -0.15) is 0 Å². The second-order valence-corrected chi connectivity index (χ2v) is 7.33. The first-order valence-corrected chi connectivity index (χ1v) is 9.12. The van der Waals surface area contributed by atoms with Crippen molar-refractivity contribution < 1.29 is 9.53 Å². The molecule has 3 aromatic rings. The van der Waals surface area contributed by atoms with Crippen molar-refractivity contribution in [1.29, 1.82) is 0 Å². The Morgan fingerprint density at radius 3 is 2.75 bits per heavy atom. The monoisotopic (exact) mass is 379 g/mol. The van der Waals surface area contributed by atoms with Gasteiger partial charge < -0.3 is 4.74 Å². The molecule has 0 aliphatic rings. The number of anilines is 1. The maximum atomic E-state index is 12.4. The van der Waals surface area contributed by atoms with E-state index in [0.717, 1.165) is 16.3 Å². The predicted molar refractivity (Wildman–Crippen MR) is 98.1 cm³/mol. The van der Waals surface area contributed by atoms with E-state index in [0.29, 0.717) is 27.3 Å². The molecule has 0 saturated carbocycles. The minimum atomic E-state index is -0.204. The van der Waals surface area contributed by atoms with Gasteiger partial charge in [0.15, 0.2) is 5.13 Å². The zero-order chi connectivity index (χ0) is 17.1. The molecule has 1 aromatic carbocycles. The SMILES string of the molecule is COCc1nc(C)c(C(=O)Nc2nc(-c3ccc(Cl)cc3)cs2)s1. The Balaban J connectivity index is 1.74. The van der Waals surface area contributed by atoms with Crippen molar-refractivity contribution in [2.45, 2.75) is 13.5 Å². The standard InChI is InChI=1S/C16H14ClN3O2S2/c1-9-14(24-13(18-9)7-22-2)15(21)20-16-19-12(8-23-16)10-3-5-11(17)6-4-10/h3-6,8H,7H2,1-2H3,(H,19,20,21). The van der Waals surface area contributed by atoms with E-state index in [-0.39, 0.29) is 5.91 Å².